The number of aromatic nitrogens is 2. The number of imidazole rings is 1. The number of nitriles is 1. The molecule has 1 heterocycles. The average molecular weight is 370 g/mol. The summed E-state index contributed by atoms with van der Waals surface area (Å²) in [5, 5.41) is 9.86. The number of benzene rings is 3. The first-order chi connectivity index (χ1) is 13.2. The van der Waals surface area contributed by atoms with Gasteiger partial charge in [-0.3, -0.25) is 0 Å². The van der Waals surface area contributed by atoms with Gasteiger partial charge in [0.25, 0.3) is 0 Å². The van der Waals surface area contributed by atoms with Gasteiger partial charge in [-0.2, -0.15) is 5.26 Å². The monoisotopic (exact) mass is 369 g/mol. The molecule has 0 unspecified atom stereocenters. The molecule has 4 rings (SSSR count). The van der Waals surface area contributed by atoms with Crippen LogP contribution in [0.15, 0.2) is 72.8 Å². The zero-order valence-electron chi connectivity index (χ0n) is 14.5. The minimum atomic E-state index is 0.637. The van der Waals surface area contributed by atoms with Crippen molar-refractivity contribution < 1.29 is 0 Å². The number of hydrogen-bond acceptors (Lipinski definition) is 2. The molecule has 0 aliphatic heterocycles. The third-order valence-corrected chi connectivity index (χ3v) is 4.74. The fourth-order valence-corrected chi connectivity index (χ4v) is 3.28. The Bertz CT molecular complexity index is 1180. The van der Waals surface area contributed by atoms with Crippen LogP contribution in [0.5, 0.6) is 0 Å². The van der Waals surface area contributed by atoms with Crippen molar-refractivity contribution in [3.63, 3.8) is 0 Å². The zero-order chi connectivity index (χ0) is 18.6. The van der Waals surface area contributed by atoms with Gasteiger partial charge in [-0.05, 0) is 53.6 Å². The van der Waals surface area contributed by atoms with Gasteiger partial charge in [0.2, 0.25) is 0 Å². The molecule has 4 aromatic rings. The van der Waals surface area contributed by atoms with E-state index in [0.29, 0.717) is 17.1 Å². The number of rotatable bonds is 4. The molecule has 0 radical (unpaired) electrons. The van der Waals surface area contributed by atoms with Crippen LogP contribution in [0, 0.1) is 11.3 Å². The Balaban J connectivity index is 1.77. The SMILES string of the molecule is N#Cc1cccc(Cn2c(/C=C/c3ccccc3Cl)nc3ccccc32)c1. The van der Waals surface area contributed by atoms with Crippen molar-refractivity contribution in [1.29, 1.82) is 5.26 Å². The minimum Gasteiger partial charge on any atom is -0.320 e. The summed E-state index contributed by atoms with van der Waals surface area (Å²) in [6.07, 6.45) is 3.96. The molecule has 4 heteroatoms. The van der Waals surface area contributed by atoms with Crippen molar-refractivity contribution >= 4 is 34.8 Å². The predicted octanol–water partition coefficient (Wildman–Crippen LogP) is 5.78. The topological polar surface area (TPSA) is 41.6 Å². The minimum absolute atomic E-state index is 0.637. The van der Waals surface area contributed by atoms with Gasteiger partial charge >= 0.3 is 0 Å². The molecular formula is C23H16ClN3. The van der Waals surface area contributed by atoms with Crippen LogP contribution >= 0.6 is 11.6 Å². The van der Waals surface area contributed by atoms with E-state index in [2.05, 4.69) is 16.7 Å². The molecule has 130 valence electrons. The smallest absolute Gasteiger partial charge is 0.134 e. The highest BCUT2D eigenvalue weighted by molar-refractivity contribution is 6.32. The van der Waals surface area contributed by atoms with Crippen molar-refractivity contribution in [2.45, 2.75) is 6.54 Å². The first-order valence-electron chi connectivity index (χ1n) is 8.61. The van der Waals surface area contributed by atoms with E-state index in [-0.39, 0.29) is 0 Å². The van der Waals surface area contributed by atoms with Crippen LogP contribution < -0.4 is 0 Å². The molecule has 0 amide bonds. The number of nitrogens with zero attached hydrogens (tertiary/aromatic N) is 3. The summed E-state index contributed by atoms with van der Waals surface area (Å²) in [5.41, 5.74) is 4.66. The molecule has 3 nitrogen and oxygen atoms in total. The Hall–Kier alpha value is -3.35. The van der Waals surface area contributed by atoms with Crippen LogP contribution in [0.3, 0.4) is 0 Å². The molecule has 0 bridgehead atoms. The summed E-state index contributed by atoms with van der Waals surface area (Å²) < 4.78 is 2.15. The van der Waals surface area contributed by atoms with Gasteiger partial charge < -0.3 is 4.57 Å². The number of fused-ring (bicyclic) bond motifs is 1. The summed E-state index contributed by atoms with van der Waals surface area (Å²) in [6.45, 7) is 0.637. The predicted molar refractivity (Wildman–Crippen MR) is 110 cm³/mol. The van der Waals surface area contributed by atoms with E-state index in [0.717, 1.165) is 28.0 Å². The summed E-state index contributed by atoms with van der Waals surface area (Å²) >= 11 is 6.26. The Morgan fingerprint density at radius 2 is 1.78 bits per heavy atom. The maximum absolute atomic E-state index is 9.16. The second kappa shape index (κ2) is 7.49. The molecular weight excluding hydrogens is 354 g/mol. The third-order valence-electron chi connectivity index (χ3n) is 4.40. The molecule has 0 aliphatic rings. The number of para-hydroxylation sites is 2. The first-order valence-corrected chi connectivity index (χ1v) is 8.99. The first kappa shape index (κ1) is 17.1. The highest BCUT2D eigenvalue weighted by atomic mass is 35.5. The summed E-state index contributed by atoms with van der Waals surface area (Å²) in [6, 6.07) is 25.6. The van der Waals surface area contributed by atoms with Gasteiger partial charge in [-0.1, -0.05) is 54.1 Å². The van der Waals surface area contributed by atoms with E-state index in [9.17, 15) is 0 Å². The molecule has 0 fully saturated rings. The van der Waals surface area contributed by atoms with E-state index in [4.69, 9.17) is 21.8 Å². The zero-order valence-corrected chi connectivity index (χ0v) is 15.3. The Morgan fingerprint density at radius 1 is 0.963 bits per heavy atom. The molecule has 0 aliphatic carbocycles. The van der Waals surface area contributed by atoms with Crippen molar-refractivity contribution in [3.05, 3.63) is 100 Å². The lowest BCUT2D eigenvalue weighted by Crippen LogP contribution is -2.02. The van der Waals surface area contributed by atoms with E-state index in [1.54, 1.807) is 0 Å². The second-order valence-electron chi connectivity index (χ2n) is 6.21. The lowest BCUT2D eigenvalue weighted by molar-refractivity contribution is 0.813. The van der Waals surface area contributed by atoms with E-state index in [1.165, 1.54) is 0 Å². The molecule has 0 atom stereocenters. The lowest BCUT2D eigenvalue weighted by atomic mass is 10.1. The third kappa shape index (κ3) is 3.62. The molecule has 0 N–H and O–H groups in total. The Labute approximate surface area is 162 Å². The van der Waals surface area contributed by atoms with E-state index in [1.807, 2.05) is 78.9 Å². The van der Waals surface area contributed by atoms with Crippen molar-refractivity contribution in [2.75, 3.05) is 0 Å². The number of halogens is 1. The van der Waals surface area contributed by atoms with E-state index >= 15 is 0 Å². The van der Waals surface area contributed by atoms with Gasteiger partial charge in [0, 0.05) is 11.6 Å². The molecule has 27 heavy (non-hydrogen) atoms. The fraction of sp³-hybridized carbons (Fsp3) is 0.0435. The Kier molecular flexibility index (Phi) is 4.74. The average Bonchev–Trinajstić information content (AvgIpc) is 3.05. The normalized spacial score (nSPS) is 11.1. The largest absolute Gasteiger partial charge is 0.320 e. The summed E-state index contributed by atoms with van der Waals surface area (Å²) in [5.74, 6) is 0.846. The quantitative estimate of drug-likeness (QED) is 0.457. The fourth-order valence-electron chi connectivity index (χ4n) is 3.08. The van der Waals surface area contributed by atoms with Crippen molar-refractivity contribution in [1.82, 2.24) is 9.55 Å². The highest BCUT2D eigenvalue weighted by Gasteiger charge is 2.09. The van der Waals surface area contributed by atoms with Crippen molar-refractivity contribution in [2.24, 2.45) is 0 Å². The maximum Gasteiger partial charge on any atom is 0.134 e. The van der Waals surface area contributed by atoms with Crippen LogP contribution in [0.4, 0.5) is 0 Å². The van der Waals surface area contributed by atoms with Crippen LogP contribution in [0.1, 0.15) is 22.5 Å². The van der Waals surface area contributed by atoms with E-state index < -0.39 is 0 Å². The second-order valence-corrected chi connectivity index (χ2v) is 6.62. The maximum atomic E-state index is 9.16. The van der Waals surface area contributed by atoms with Crippen LogP contribution in [0.2, 0.25) is 5.02 Å². The summed E-state index contributed by atoms with van der Waals surface area (Å²) in [7, 11) is 0. The van der Waals surface area contributed by atoms with Crippen LogP contribution in [0.25, 0.3) is 23.2 Å². The van der Waals surface area contributed by atoms with Crippen molar-refractivity contribution in [3.8, 4) is 6.07 Å². The van der Waals surface area contributed by atoms with Crippen LogP contribution in [-0.4, -0.2) is 9.55 Å². The molecule has 3 aromatic carbocycles. The molecule has 1 aromatic heterocycles. The highest BCUT2D eigenvalue weighted by Crippen LogP contribution is 2.22. The summed E-state index contributed by atoms with van der Waals surface area (Å²) in [4.78, 5) is 4.76. The standard InChI is InChI=1S/C23H16ClN3/c24-20-9-2-1-8-19(20)12-13-23-26-21-10-3-4-11-22(21)27(23)16-18-7-5-6-17(14-18)15-25/h1-14H,16H2/b13-12+. The molecule has 0 saturated carbocycles. The number of hydrogen-bond donors (Lipinski definition) is 0. The van der Waals surface area contributed by atoms with Gasteiger partial charge in [0.05, 0.1) is 22.7 Å². The lowest BCUT2D eigenvalue weighted by Gasteiger charge is -2.08. The molecule has 0 saturated heterocycles. The van der Waals surface area contributed by atoms with Gasteiger partial charge in [0.15, 0.2) is 0 Å². The van der Waals surface area contributed by atoms with Gasteiger partial charge in [-0.25, -0.2) is 4.98 Å². The molecule has 0 spiro atoms. The van der Waals surface area contributed by atoms with Gasteiger partial charge in [0.1, 0.15) is 5.82 Å². The Morgan fingerprint density at radius 3 is 2.63 bits per heavy atom. The van der Waals surface area contributed by atoms with Gasteiger partial charge in [-0.15, -0.1) is 0 Å². The van der Waals surface area contributed by atoms with Crippen LogP contribution in [-0.2, 0) is 6.54 Å².